The number of nitrogens with one attached hydrogen (secondary N) is 2. The van der Waals surface area contributed by atoms with Crippen LogP contribution in [-0.2, 0) is 4.79 Å². The molecular weight excluding hydrogens is 230 g/mol. The topological polar surface area (TPSA) is 63.2 Å². The number of anilines is 1. The molecule has 2 rings (SSSR count). The van der Waals surface area contributed by atoms with Crippen molar-refractivity contribution in [3.05, 3.63) is 18.3 Å². The molecule has 1 aliphatic rings. The van der Waals surface area contributed by atoms with Crippen molar-refractivity contribution in [3.8, 4) is 5.88 Å². The second kappa shape index (κ2) is 5.82. The van der Waals surface area contributed by atoms with Gasteiger partial charge < -0.3 is 15.4 Å². The van der Waals surface area contributed by atoms with Gasteiger partial charge in [-0.3, -0.25) is 4.79 Å². The lowest BCUT2D eigenvalue weighted by molar-refractivity contribution is -0.119. The number of pyridine rings is 1. The summed E-state index contributed by atoms with van der Waals surface area (Å²) in [6, 6.07) is 3.42. The van der Waals surface area contributed by atoms with Gasteiger partial charge in [-0.15, -0.1) is 0 Å². The van der Waals surface area contributed by atoms with Gasteiger partial charge in [0.05, 0.1) is 25.0 Å². The Hall–Kier alpha value is -1.62. The quantitative estimate of drug-likeness (QED) is 0.850. The third-order valence-corrected chi connectivity index (χ3v) is 3.20. The van der Waals surface area contributed by atoms with Gasteiger partial charge in [0, 0.05) is 6.07 Å². The number of hydrogen-bond acceptors (Lipinski definition) is 4. The molecule has 98 valence electrons. The Morgan fingerprint density at radius 1 is 1.56 bits per heavy atom. The summed E-state index contributed by atoms with van der Waals surface area (Å²) in [6.45, 7) is 3.08. The minimum atomic E-state index is -0.101. The highest BCUT2D eigenvalue weighted by Crippen LogP contribution is 2.17. The van der Waals surface area contributed by atoms with Gasteiger partial charge in [-0.05, 0) is 31.4 Å². The molecule has 1 amide bonds. The molecule has 0 aromatic carbocycles. The van der Waals surface area contributed by atoms with Crippen molar-refractivity contribution < 1.29 is 9.53 Å². The zero-order chi connectivity index (χ0) is 13.0. The SMILES string of the molecule is COc1ccc(NC(=O)C2CC(C)CCN2)cn1. The second-order valence-electron chi connectivity index (χ2n) is 4.71. The first-order valence-corrected chi connectivity index (χ1v) is 6.23. The summed E-state index contributed by atoms with van der Waals surface area (Å²) in [5.41, 5.74) is 0.695. The van der Waals surface area contributed by atoms with Crippen molar-refractivity contribution in [1.29, 1.82) is 0 Å². The number of ether oxygens (including phenoxy) is 1. The van der Waals surface area contributed by atoms with Gasteiger partial charge in [0.25, 0.3) is 0 Å². The van der Waals surface area contributed by atoms with Crippen molar-refractivity contribution in [2.75, 3.05) is 19.0 Å². The number of carbonyl (C=O) groups excluding carboxylic acids is 1. The molecule has 1 fully saturated rings. The maximum Gasteiger partial charge on any atom is 0.241 e. The van der Waals surface area contributed by atoms with E-state index in [1.54, 1.807) is 25.4 Å². The number of carbonyl (C=O) groups is 1. The summed E-state index contributed by atoms with van der Waals surface area (Å²) < 4.78 is 4.97. The molecule has 0 radical (unpaired) electrons. The average Bonchev–Trinajstić information content (AvgIpc) is 2.39. The highest BCUT2D eigenvalue weighted by atomic mass is 16.5. The molecule has 2 unspecified atom stereocenters. The maximum absolute atomic E-state index is 12.0. The van der Waals surface area contributed by atoms with Crippen LogP contribution in [0.1, 0.15) is 19.8 Å². The van der Waals surface area contributed by atoms with Crippen LogP contribution in [0.15, 0.2) is 18.3 Å². The van der Waals surface area contributed by atoms with E-state index in [2.05, 4.69) is 22.5 Å². The lowest BCUT2D eigenvalue weighted by Gasteiger charge is -2.27. The molecule has 0 saturated carbocycles. The monoisotopic (exact) mass is 249 g/mol. The van der Waals surface area contributed by atoms with Crippen molar-refractivity contribution >= 4 is 11.6 Å². The van der Waals surface area contributed by atoms with Gasteiger partial charge in [0.1, 0.15) is 0 Å². The largest absolute Gasteiger partial charge is 0.481 e. The third kappa shape index (κ3) is 3.20. The summed E-state index contributed by atoms with van der Waals surface area (Å²) in [7, 11) is 1.56. The third-order valence-electron chi connectivity index (χ3n) is 3.20. The molecule has 5 nitrogen and oxygen atoms in total. The number of hydrogen-bond donors (Lipinski definition) is 2. The standard InChI is InChI=1S/C13H19N3O2/c1-9-5-6-14-11(7-9)13(17)16-10-3-4-12(18-2)15-8-10/h3-4,8-9,11,14H,5-7H2,1-2H3,(H,16,17). The number of piperidine rings is 1. The summed E-state index contributed by atoms with van der Waals surface area (Å²) in [5.74, 6) is 1.14. The van der Waals surface area contributed by atoms with Gasteiger partial charge in [-0.25, -0.2) is 4.98 Å². The van der Waals surface area contributed by atoms with Crippen LogP contribution >= 0.6 is 0 Å². The summed E-state index contributed by atoms with van der Waals surface area (Å²) in [4.78, 5) is 16.1. The van der Waals surface area contributed by atoms with Crippen LogP contribution in [0.5, 0.6) is 5.88 Å². The summed E-state index contributed by atoms with van der Waals surface area (Å²) in [5, 5.41) is 6.10. The highest BCUT2D eigenvalue weighted by Gasteiger charge is 2.24. The molecule has 18 heavy (non-hydrogen) atoms. The molecule has 1 aromatic rings. The highest BCUT2D eigenvalue weighted by molar-refractivity contribution is 5.94. The normalized spacial score (nSPS) is 23.4. The maximum atomic E-state index is 12.0. The predicted molar refractivity (Wildman–Crippen MR) is 69.6 cm³/mol. The van der Waals surface area contributed by atoms with Crippen LogP contribution < -0.4 is 15.4 Å². The fraction of sp³-hybridized carbons (Fsp3) is 0.538. The number of rotatable bonds is 3. The van der Waals surface area contributed by atoms with Gasteiger partial charge in [0.15, 0.2) is 0 Å². The Morgan fingerprint density at radius 3 is 3.00 bits per heavy atom. The van der Waals surface area contributed by atoms with Crippen LogP contribution in [0.3, 0.4) is 0 Å². The lowest BCUT2D eigenvalue weighted by atomic mass is 9.94. The Kier molecular flexibility index (Phi) is 4.15. The van der Waals surface area contributed by atoms with Gasteiger partial charge in [-0.1, -0.05) is 6.92 Å². The molecule has 0 spiro atoms. The van der Waals surface area contributed by atoms with Crippen molar-refractivity contribution in [2.24, 2.45) is 5.92 Å². The van der Waals surface area contributed by atoms with E-state index in [0.717, 1.165) is 19.4 Å². The molecule has 1 aliphatic heterocycles. The first-order valence-electron chi connectivity index (χ1n) is 6.23. The molecule has 1 aromatic heterocycles. The summed E-state index contributed by atoms with van der Waals surface area (Å²) >= 11 is 0. The first kappa shape index (κ1) is 12.8. The van der Waals surface area contributed by atoms with Gasteiger partial charge in [-0.2, -0.15) is 0 Å². The second-order valence-corrected chi connectivity index (χ2v) is 4.71. The van der Waals surface area contributed by atoms with Crippen LogP contribution in [0.25, 0.3) is 0 Å². The summed E-state index contributed by atoms with van der Waals surface area (Å²) in [6.07, 6.45) is 3.62. The lowest BCUT2D eigenvalue weighted by Crippen LogP contribution is -2.45. The van der Waals surface area contributed by atoms with E-state index in [9.17, 15) is 4.79 Å². The van der Waals surface area contributed by atoms with E-state index in [1.807, 2.05) is 0 Å². The minimum absolute atomic E-state index is 0.00789. The predicted octanol–water partition coefficient (Wildman–Crippen LogP) is 1.42. The molecule has 5 heteroatoms. The Balaban J connectivity index is 1.93. The fourth-order valence-electron chi connectivity index (χ4n) is 2.11. The molecule has 2 atom stereocenters. The Bertz CT molecular complexity index is 405. The van der Waals surface area contributed by atoms with E-state index >= 15 is 0 Å². The van der Waals surface area contributed by atoms with Crippen molar-refractivity contribution in [1.82, 2.24) is 10.3 Å². The average molecular weight is 249 g/mol. The van der Waals surface area contributed by atoms with E-state index < -0.39 is 0 Å². The first-order chi connectivity index (χ1) is 8.69. The molecule has 2 heterocycles. The molecule has 1 saturated heterocycles. The minimum Gasteiger partial charge on any atom is -0.481 e. The van der Waals surface area contributed by atoms with Crippen LogP contribution in [-0.4, -0.2) is 30.6 Å². The molecule has 0 bridgehead atoms. The van der Waals surface area contributed by atoms with Crippen LogP contribution in [0.2, 0.25) is 0 Å². The Morgan fingerprint density at radius 2 is 2.39 bits per heavy atom. The van der Waals surface area contributed by atoms with E-state index in [4.69, 9.17) is 4.74 Å². The van der Waals surface area contributed by atoms with E-state index in [-0.39, 0.29) is 11.9 Å². The fourth-order valence-corrected chi connectivity index (χ4v) is 2.11. The Labute approximate surface area is 107 Å². The zero-order valence-electron chi connectivity index (χ0n) is 10.8. The molecular formula is C13H19N3O2. The van der Waals surface area contributed by atoms with Crippen LogP contribution in [0.4, 0.5) is 5.69 Å². The van der Waals surface area contributed by atoms with Crippen LogP contribution in [0, 0.1) is 5.92 Å². The number of aromatic nitrogens is 1. The van der Waals surface area contributed by atoms with Gasteiger partial charge in [0.2, 0.25) is 11.8 Å². The number of methoxy groups -OCH3 is 1. The smallest absolute Gasteiger partial charge is 0.241 e. The van der Waals surface area contributed by atoms with Crippen molar-refractivity contribution in [3.63, 3.8) is 0 Å². The number of amides is 1. The van der Waals surface area contributed by atoms with E-state index in [0.29, 0.717) is 17.5 Å². The van der Waals surface area contributed by atoms with E-state index in [1.165, 1.54) is 0 Å². The van der Waals surface area contributed by atoms with Crippen molar-refractivity contribution in [2.45, 2.75) is 25.8 Å². The van der Waals surface area contributed by atoms with Gasteiger partial charge >= 0.3 is 0 Å². The molecule has 2 N–H and O–H groups in total. The molecule has 0 aliphatic carbocycles. The number of nitrogens with zero attached hydrogens (tertiary/aromatic N) is 1. The zero-order valence-corrected chi connectivity index (χ0v) is 10.8.